The molecule has 0 bridgehead atoms. The summed E-state index contributed by atoms with van der Waals surface area (Å²) < 4.78 is 5.14. The van der Waals surface area contributed by atoms with Gasteiger partial charge in [0.05, 0.1) is 19.8 Å². The second kappa shape index (κ2) is 9.20. The smallest absolute Gasteiger partial charge is 0.222 e. The molecule has 1 aliphatic rings. The van der Waals surface area contributed by atoms with Gasteiger partial charge in [-0.3, -0.25) is 4.79 Å². The van der Waals surface area contributed by atoms with Gasteiger partial charge in [-0.15, -0.1) is 0 Å². The fourth-order valence-corrected chi connectivity index (χ4v) is 3.69. The molecule has 0 saturated carbocycles. The van der Waals surface area contributed by atoms with E-state index in [4.69, 9.17) is 4.74 Å². The van der Waals surface area contributed by atoms with Crippen LogP contribution in [0.25, 0.3) is 0 Å². The second-order valence-corrected chi connectivity index (χ2v) is 7.08. The number of ether oxygens (including phenoxy) is 1. The minimum atomic E-state index is -0.642. The van der Waals surface area contributed by atoms with Gasteiger partial charge in [0, 0.05) is 24.9 Å². The van der Waals surface area contributed by atoms with E-state index in [0.717, 1.165) is 31.4 Å². The summed E-state index contributed by atoms with van der Waals surface area (Å²) in [6, 6.07) is 7.91. The summed E-state index contributed by atoms with van der Waals surface area (Å²) in [7, 11) is 1.65. The zero-order valence-electron chi connectivity index (χ0n) is 15.4. The first-order valence-corrected chi connectivity index (χ1v) is 9.24. The molecule has 2 N–H and O–H groups in total. The molecule has 1 saturated heterocycles. The number of benzene rings is 1. The van der Waals surface area contributed by atoms with Crippen molar-refractivity contribution in [2.75, 3.05) is 26.8 Å². The number of carbonyl (C=O) groups is 1. The van der Waals surface area contributed by atoms with Crippen LogP contribution >= 0.6 is 0 Å². The van der Waals surface area contributed by atoms with Crippen molar-refractivity contribution in [3.05, 3.63) is 29.8 Å². The molecular weight excluding hydrogens is 318 g/mol. The fraction of sp³-hybridized carbons (Fsp3) is 0.650. The molecule has 25 heavy (non-hydrogen) atoms. The molecule has 1 heterocycles. The van der Waals surface area contributed by atoms with E-state index < -0.39 is 11.5 Å². The Labute approximate surface area is 150 Å². The molecule has 140 valence electrons. The average molecular weight is 349 g/mol. The van der Waals surface area contributed by atoms with Gasteiger partial charge in [-0.25, -0.2) is 0 Å². The van der Waals surface area contributed by atoms with Crippen LogP contribution in [0.3, 0.4) is 0 Å². The molecular formula is C20H31NO4. The van der Waals surface area contributed by atoms with Crippen molar-refractivity contribution in [1.29, 1.82) is 0 Å². The lowest BCUT2D eigenvalue weighted by molar-refractivity contribution is -0.142. The van der Waals surface area contributed by atoms with Crippen LogP contribution in [-0.2, 0) is 11.2 Å². The number of likely N-dealkylation sites (tertiary alicyclic amines) is 1. The molecule has 1 aromatic rings. The Morgan fingerprint density at radius 2 is 2.08 bits per heavy atom. The fourth-order valence-electron chi connectivity index (χ4n) is 3.69. The predicted molar refractivity (Wildman–Crippen MR) is 97.6 cm³/mol. The molecule has 5 heteroatoms. The molecule has 0 aliphatic carbocycles. The highest BCUT2D eigenvalue weighted by molar-refractivity contribution is 5.76. The number of rotatable bonds is 8. The van der Waals surface area contributed by atoms with Crippen LogP contribution in [0.4, 0.5) is 0 Å². The summed E-state index contributed by atoms with van der Waals surface area (Å²) >= 11 is 0. The monoisotopic (exact) mass is 349 g/mol. The Hall–Kier alpha value is -1.59. The van der Waals surface area contributed by atoms with Crippen molar-refractivity contribution in [3.63, 3.8) is 0 Å². The van der Waals surface area contributed by atoms with Gasteiger partial charge in [-0.05, 0) is 43.4 Å². The molecule has 0 spiro atoms. The van der Waals surface area contributed by atoms with E-state index in [9.17, 15) is 15.0 Å². The van der Waals surface area contributed by atoms with Gasteiger partial charge >= 0.3 is 0 Å². The Morgan fingerprint density at radius 1 is 1.36 bits per heavy atom. The molecule has 1 amide bonds. The van der Waals surface area contributed by atoms with E-state index in [1.54, 1.807) is 12.0 Å². The third-order valence-electron chi connectivity index (χ3n) is 5.41. The van der Waals surface area contributed by atoms with Crippen molar-refractivity contribution in [1.82, 2.24) is 4.90 Å². The van der Waals surface area contributed by atoms with Crippen LogP contribution in [0.1, 0.15) is 44.6 Å². The molecule has 2 rings (SSSR count). The van der Waals surface area contributed by atoms with E-state index in [-0.39, 0.29) is 12.5 Å². The third-order valence-corrected chi connectivity index (χ3v) is 5.41. The van der Waals surface area contributed by atoms with Crippen molar-refractivity contribution in [2.24, 2.45) is 5.41 Å². The molecule has 0 unspecified atom stereocenters. The highest BCUT2D eigenvalue weighted by Gasteiger charge is 2.41. The molecule has 1 aliphatic heterocycles. The van der Waals surface area contributed by atoms with Gasteiger partial charge in [0.25, 0.3) is 0 Å². The van der Waals surface area contributed by atoms with Crippen LogP contribution in [0.15, 0.2) is 24.3 Å². The van der Waals surface area contributed by atoms with E-state index in [2.05, 4.69) is 6.92 Å². The van der Waals surface area contributed by atoms with Crippen LogP contribution < -0.4 is 4.74 Å². The van der Waals surface area contributed by atoms with Gasteiger partial charge in [0.2, 0.25) is 5.91 Å². The number of aliphatic hydroxyl groups is 2. The minimum Gasteiger partial charge on any atom is -0.497 e. The zero-order chi connectivity index (χ0) is 18.3. The number of amides is 1. The largest absolute Gasteiger partial charge is 0.497 e. The number of aliphatic hydroxyl groups excluding tert-OH is 2. The first-order chi connectivity index (χ1) is 12.0. The first-order valence-electron chi connectivity index (χ1n) is 9.24. The van der Waals surface area contributed by atoms with Gasteiger partial charge < -0.3 is 19.8 Å². The van der Waals surface area contributed by atoms with Crippen molar-refractivity contribution in [2.45, 2.75) is 51.6 Å². The van der Waals surface area contributed by atoms with Crippen LogP contribution in [-0.4, -0.2) is 53.9 Å². The number of aryl methyl sites for hydroxylation is 1. The van der Waals surface area contributed by atoms with E-state index >= 15 is 0 Å². The maximum Gasteiger partial charge on any atom is 0.222 e. The Balaban J connectivity index is 1.79. The van der Waals surface area contributed by atoms with Gasteiger partial charge in [-0.2, -0.15) is 0 Å². The molecule has 1 fully saturated rings. The summed E-state index contributed by atoms with van der Waals surface area (Å²) in [4.78, 5) is 14.2. The maximum atomic E-state index is 12.4. The van der Waals surface area contributed by atoms with Crippen LogP contribution in [0.5, 0.6) is 5.75 Å². The molecule has 0 aromatic heterocycles. The van der Waals surface area contributed by atoms with Crippen LogP contribution in [0.2, 0.25) is 0 Å². The summed E-state index contributed by atoms with van der Waals surface area (Å²) in [5.74, 6) is 0.928. The zero-order valence-corrected chi connectivity index (χ0v) is 15.4. The minimum absolute atomic E-state index is 0.0124. The molecule has 2 atom stereocenters. The molecule has 5 nitrogen and oxygen atoms in total. The van der Waals surface area contributed by atoms with Gasteiger partial charge in [-0.1, -0.05) is 25.5 Å². The number of β-amino-alcohol motifs (C(OH)–C–C–N with tert-alkyl or cyclic N) is 1. The predicted octanol–water partition coefficient (Wildman–Crippen LogP) is 2.39. The Bertz CT molecular complexity index is 545. The van der Waals surface area contributed by atoms with Crippen molar-refractivity contribution in [3.8, 4) is 5.75 Å². The number of methoxy groups -OCH3 is 1. The van der Waals surface area contributed by atoms with Crippen LogP contribution in [0, 0.1) is 5.41 Å². The lowest BCUT2D eigenvalue weighted by Crippen LogP contribution is -2.54. The van der Waals surface area contributed by atoms with E-state index in [0.29, 0.717) is 25.9 Å². The number of nitrogens with zero attached hydrogens (tertiary/aromatic N) is 1. The quantitative estimate of drug-likeness (QED) is 0.756. The first kappa shape index (κ1) is 19.7. The second-order valence-electron chi connectivity index (χ2n) is 7.08. The van der Waals surface area contributed by atoms with Gasteiger partial charge in [0.1, 0.15) is 5.75 Å². The number of piperidine rings is 1. The van der Waals surface area contributed by atoms with Crippen molar-refractivity contribution >= 4 is 5.91 Å². The van der Waals surface area contributed by atoms with Gasteiger partial charge in [0.15, 0.2) is 0 Å². The maximum absolute atomic E-state index is 12.4. The standard InChI is InChI=1S/C20H31NO4/c1-3-11-20(15-22)12-13-21(14-18(20)23)19(24)6-4-5-16-7-9-17(25-2)10-8-16/h7-10,18,22-23H,3-6,11-15H2,1-2H3/t18-,20-/m1/s1. The molecule has 0 radical (unpaired) electrons. The number of hydrogen-bond donors (Lipinski definition) is 2. The topological polar surface area (TPSA) is 70.0 Å². The van der Waals surface area contributed by atoms with E-state index in [1.165, 1.54) is 5.56 Å². The Morgan fingerprint density at radius 3 is 2.64 bits per heavy atom. The number of carbonyl (C=O) groups excluding carboxylic acids is 1. The van der Waals surface area contributed by atoms with E-state index in [1.807, 2.05) is 24.3 Å². The summed E-state index contributed by atoms with van der Waals surface area (Å²) in [6.45, 7) is 3.00. The summed E-state index contributed by atoms with van der Waals surface area (Å²) in [6.07, 6.45) is 3.87. The number of hydrogen-bond acceptors (Lipinski definition) is 4. The SMILES string of the molecule is CCC[C@]1(CO)CCN(C(=O)CCCc2ccc(OC)cc2)C[C@H]1O. The average Bonchev–Trinajstić information content (AvgIpc) is 2.64. The lowest BCUT2D eigenvalue weighted by Gasteiger charge is -2.44. The summed E-state index contributed by atoms with van der Waals surface area (Å²) in [5.41, 5.74) is 0.753. The normalized spacial score (nSPS) is 23.5. The van der Waals surface area contributed by atoms with Crippen molar-refractivity contribution < 1.29 is 19.7 Å². The highest BCUT2D eigenvalue weighted by atomic mass is 16.5. The third kappa shape index (κ3) is 4.95. The summed E-state index contributed by atoms with van der Waals surface area (Å²) in [5, 5.41) is 20.2. The Kier molecular flexibility index (Phi) is 7.26. The lowest BCUT2D eigenvalue weighted by atomic mass is 9.73. The molecule has 1 aromatic carbocycles. The highest BCUT2D eigenvalue weighted by Crippen LogP contribution is 2.36.